The molecule has 0 aliphatic rings. The van der Waals surface area contributed by atoms with Gasteiger partial charge in [-0.15, -0.1) is 0 Å². The molecule has 0 bridgehead atoms. The van der Waals surface area contributed by atoms with Crippen molar-refractivity contribution in [1.82, 2.24) is 5.32 Å². The first-order chi connectivity index (χ1) is 8.48. The Morgan fingerprint density at radius 1 is 0.889 bits per heavy atom. The number of carbonyl (C=O) groups excluding carboxylic acids is 1. The van der Waals surface area contributed by atoms with Crippen LogP contribution in [-0.2, 0) is 4.79 Å². The normalized spacial score (nSPS) is 11.6. The molecule has 0 aromatic rings. The summed E-state index contributed by atoms with van der Waals surface area (Å²) in [6.45, 7) is 2.81. The quantitative estimate of drug-likeness (QED) is 0.446. The molecular formula is C13H24Cl3NO. The summed E-state index contributed by atoms with van der Waals surface area (Å²) in [5.41, 5.74) is 0. The number of rotatable bonds is 10. The smallest absolute Gasteiger partial charge is 0.272 e. The number of hydrogen-bond acceptors (Lipinski definition) is 1. The van der Waals surface area contributed by atoms with E-state index in [2.05, 4.69) is 12.2 Å². The second-order valence-corrected chi connectivity index (χ2v) is 6.86. The standard InChI is InChI=1S/C13H24Cl3NO/c1-2-3-4-5-6-7-8-9-10-11-17-12(18)13(14,15)16/h2-11H2,1H3,(H,17,18). The first-order valence-corrected chi connectivity index (χ1v) is 7.97. The van der Waals surface area contributed by atoms with Crippen molar-refractivity contribution in [2.24, 2.45) is 0 Å². The van der Waals surface area contributed by atoms with E-state index in [1.165, 1.54) is 44.9 Å². The van der Waals surface area contributed by atoms with Gasteiger partial charge >= 0.3 is 0 Å². The predicted octanol–water partition coefficient (Wildman–Crippen LogP) is 5.00. The van der Waals surface area contributed by atoms with Crippen LogP contribution in [0, 0.1) is 0 Å². The van der Waals surface area contributed by atoms with Gasteiger partial charge in [-0.2, -0.15) is 0 Å². The van der Waals surface area contributed by atoms with E-state index in [0.29, 0.717) is 6.54 Å². The first-order valence-electron chi connectivity index (χ1n) is 6.83. The zero-order valence-corrected chi connectivity index (χ0v) is 13.4. The lowest BCUT2D eigenvalue weighted by Gasteiger charge is -2.10. The Kier molecular flexibility index (Phi) is 11.4. The first kappa shape index (κ1) is 18.3. The van der Waals surface area contributed by atoms with E-state index in [1.54, 1.807) is 0 Å². The molecule has 0 atom stereocenters. The third kappa shape index (κ3) is 11.4. The lowest BCUT2D eigenvalue weighted by molar-refractivity contribution is -0.120. The van der Waals surface area contributed by atoms with Gasteiger partial charge in [0.15, 0.2) is 0 Å². The zero-order valence-electron chi connectivity index (χ0n) is 11.1. The van der Waals surface area contributed by atoms with Crippen LogP contribution in [0.1, 0.15) is 64.7 Å². The van der Waals surface area contributed by atoms with Crippen molar-refractivity contribution in [2.75, 3.05) is 6.54 Å². The summed E-state index contributed by atoms with van der Waals surface area (Å²) >= 11 is 16.3. The summed E-state index contributed by atoms with van der Waals surface area (Å²) in [6.07, 6.45) is 11.2. The zero-order chi connectivity index (χ0) is 13.9. The third-order valence-electron chi connectivity index (χ3n) is 2.82. The Bertz CT molecular complexity index is 217. The van der Waals surface area contributed by atoms with Gasteiger partial charge in [0, 0.05) is 6.54 Å². The largest absolute Gasteiger partial charge is 0.352 e. The summed E-state index contributed by atoms with van der Waals surface area (Å²) in [7, 11) is 0. The van der Waals surface area contributed by atoms with Gasteiger partial charge in [-0.3, -0.25) is 4.79 Å². The molecule has 0 fully saturated rings. The Balaban J connectivity index is 3.19. The molecule has 0 heterocycles. The van der Waals surface area contributed by atoms with E-state index in [-0.39, 0.29) is 0 Å². The fourth-order valence-corrected chi connectivity index (χ4v) is 1.94. The maximum atomic E-state index is 11.2. The van der Waals surface area contributed by atoms with Gasteiger partial charge in [0.05, 0.1) is 0 Å². The van der Waals surface area contributed by atoms with Crippen LogP contribution in [0.3, 0.4) is 0 Å². The molecule has 0 rings (SSSR count). The summed E-state index contributed by atoms with van der Waals surface area (Å²) in [5, 5.41) is 2.61. The predicted molar refractivity (Wildman–Crippen MR) is 80.5 cm³/mol. The summed E-state index contributed by atoms with van der Waals surface area (Å²) in [5.74, 6) is -0.535. The highest BCUT2D eigenvalue weighted by molar-refractivity contribution is 6.76. The maximum absolute atomic E-state index is 11.2. The van der Waals surface area contributed by atoms with E-state index >= 15 is 0 Å². The number of unbranched alkanes of at least 4 members (excludes halogenated alkanes) is 8. The number of alkyl halides is 3. The lowest BCUT2D eigenvalue weighted by Crippen LogP contribution is -2.35. The molecular weight excluding hydrogens is 293 g/mol. The topological polar surface area (TPSA) is 29.1 Å². The fraction of sp³-hybridized carbons (Fsp3) is 0.923. The molecule has 1 N–H and O–H groups in total. The maximum Gasteiger partial charge on any atom is 0.272 e. The molecule has 0 aliphatic carbocycles. The second kappa shape index (κ2) is 11.2. The van der Waals surface area contributed by atoms with E-state index in [9.17, 15) is 4.79 Å². The average molecular weight is 317 g/mol. The average Bonchev–Trinajstić information content (AvgIpc) is 2.30. The minimum Gasteiger partial charge on any atom is -0.352 e. The van der Waals surface area contributed by atoms with Crippen LogP contribution in [0.25, 0.3) is 0 Å². The molecule has 0 saturated carbocycles. The number of nitrogens with one attached hydrogen (secondary N) is 1. The Labute approximate surface area is 126 Å². The molecule has 108 valence electrons. The van der Waals surface area contributed by atoms with Crippen molar-refractivity contribution in [3.8, 4) is 0 Å². The van der Waals surface area contributed by atoms with Crippen molar-refractivity contribution in [3.05, 3.63) is 0 Å². The molecule has 0 radical (unpaired) electrons. The van der Waals surface area contributed by atoms with Crippen molar-refractivity contribution in [2.45, 2.75) is 68.5 Å². The highest BCUT2D eigenvalue weighted by Gasteiger charge is 2.29. The van der Waals surface area contributed by atoms with Gasteiger partial charge < -0.3 is 5.32 Å². The molecule has 0 aliphatic heterocycles. The van der Waals surface area contributed by atoms with Gasteiger partial charge in [0.1, 0.15) is 0 Å². The third-order valence-corrected chi connectivity index (χ3v) is 3.34. The molecule has 2 nitrogen and oxygen atoms in total. The van der Waals surface area contributed by atoms with Gasteiger partial charge in [-0.25, -0.2) is 0 Å². The fourth-order valence-electron chi connectivity index (χ4n) is 1.74. The number of carbonyl (C=O) groups is 1. The van der Waals surface area contributed by atoms with Gasteiger partial charge in [-0.05, 0) is 6.42 Å². The van der Waals surface area contributed by atoms with Crippen LogP contribution in [-0.4, -0.2) is 16.2 Å². The van der Waals surface area contributed by atoms with E-state index in [0.717, 1.165) is 12.8 Å². The Morgan fingerprint density at radius 2 is 1.33 bits per heavy atom. The van der Waals surface area contributed by atoms with Crippen LogP contribution in [0.2, 0.25) is 0 Å². The van der Waals surface area contributed by atoms with Crippen molar-refractivity contribution < 1.29 is 4.79 Å². The Hall–Kier alpha value is 0.340. The molecule has 18 heavy (non-hydrogen) atoms. The van der Waals surface area contributed by atoms with Crippen LogP contribution >= 0.6 is 34.8 Å². The van der Waals surface area contributed by atoms with E-state index in [4.69, 9.17) is 34.8 Å². The number of hydrogen-bond donors (Lipinski definition) is 1. The molecule has 1 amide bonds. The summed E-state index contributed by atoms with van der Waals surface area (Å²) < 4.78 is -1.83. The Morgan fingerprint density at radius 3 is 1.78 bits per heavy atom. The minimum absolute atomic E-state index is 0.535. The van der Waals surface area contributed by atoms with Crippen LogP contribution < -0.4 is 5.32 Å². The molecule has 0 spiro atoms. The molecule has 5 heteroatoms. The van der Waals surface area contributed by atoms with Crippen molar-refractivity contribution in [1.29, 1.82) is 0 Å². The van der Waals surface area contributed by atoms with E-state index < -0.39 is 9.70 Å². The number of amides is 1. The van der Waals surface area contributed by atoms with Crippen LogP contribution in [0.15, 0.2) is 0 Å². The molecule has 0 aromatic carbocycles. The van der Waals surface area contributed by atoms with E-state index in [1.807, 2.05) is 0 Å². The lowest BCUT2D eigenvalue weighted by atomic mass is 10.1. The van der Waals surface area contributed by atoms with Crippen LogP contribution in [0.5, 0.6) is 0 Å². The SMILES string of the molecule is CCCCCCCCCCCNC(=O)C(Cl)(Cl)Cl. The van der Waals surface area contributed by atoms with Crippen molar-refractivity contribution in [3.63, 3.8) is 0 Å². The monoisotopic (exact) mass is 315 g/mol. The van der Waals surface area contributed by atoms with Gasteiger partial charge in [-0.1, -0.05) is 93.1 Å². The molecule has 0 aromatic heterocycles. The van der Waals surface area contributed by atoms with Crippen LogP contribution in [0.4, 0.5) is 0 Å². The summed E-state index contributed by atoms with van der Waals surface area (Å²) in [6, 6.07) is 0. The van der Waals surface area contributed by atoms with Gasteiger partial charge in [0.2, 0.25) is 0 Å². The summed E-state index contributed by atoms with van der Waals surface area (Å²) in [4.78, 5) is 11.2. The second-order valence-electron chi connectivity index (χ2n) is 4.58. The molecule has 0 saturated heterocycles. The number of halogens is 3. The van der Waals surface area contributed by atoms with Crippen molar-refractivity contribution >= 4 is 40.7 Å². The molecule has 0 unspecified atom stereocenters. The highest BCUT2D eigenvalue weighted by atomic mass is 35.6. The minimum atomic E-state index is -1.83. The highest BCUT2D eigenvalue weighted by Crippen LogP contribution is 2.25. The van der Waals surface area contributed by atoms with Gasteiger partial charge in [0.25, 0.3) is 9.70 Å².